The third kappa shape index (κ3) is 7.20. The fraction of sp³-hybridized carbons (Fsp3) is 0.389. The van der Waals surface area contributed by atoms with Crippen LogP contribution in [0.4, 0.5) is 0 Å². The molecule has 3 N–H and O–H groups in total. The first kappa shape index (κ1) is 21.2. The van der Waals surface area contributed by atoms with Crippen molar-refractivity contribution >= 4 is 27.3 Å². The summed E-state index contributed by atoms with van der Waals surface area (Å²) in [6.45, 7) is 4.03. The zero-order chi connectivity index (χ0) is 19.5. The van der Waals surface area contributed by atoms with Crippen LogP contribution in [0.5, 0.6) is 5.75 Å². The van der Waals surface area contributed by atoms with Gasteiger partial charge in [-0.3, -0.25) is 4.99 Å². The average Bonchev–Trinajstić information content (AvgIpc) is 3.21. The maximum absolute atomic E-state index is 12.0. The summed E-state index contributed by atoms with van der Waals surface area (Å²) in [4.78, 5) is 4.41. The number of hydrogen-bond acceptors (Lipinski definition) is 5. The van der Waals surface area contributed by atoms with E-state index in [-0.39, 0.29) is 6.54 Å². The van der Waals surface area contributed by atoms with Crippen LogP contribution in [0.15, 0.2) is 51.0 Å². The zero-order valence-corrected chi connectivity index (χ0v) is 17.2. The molecule has 0 aliphatic carbocycles. The molecule has 0 bridgehead atoms. The predicted octanol–water partition coefficient (Wildman–Crippen LogP) is 1.83. The van der Waals surface area contributed by atoms with Gasteiger partial charge in [-0.15, -0.1) is 11.3 Å². The van der Waals surface area contributed by atoms with Crippen molar-refractivity contribution in [2.75, 3.05) is 33.3 Å². The van der Waals surface area contributed by atoms with Gasteiger partial charge in [0.05, 0.1) is 13.7 Å². The Morgan fingerprint density at radius 1 is 1.15 bits per heavy atom. The number of rotatable bonds is 10. The highest BCUT2D eigenvalue weighted by Gasteiger charge is 2.13. The molecule has 0 fully saturated rings. The van der Waals surface area contributed by atoms with Crippen LogP contribution in [0.2, 0.25) is 0 Å². The topological polar surface area (TPSA) is 91.8 Å². The van der Waals surface area contributed by atoms with E-state index in [1.165, 1.54) is 16.9 Å². The van der Waals surface area contributed by atoms with Crippen LogP contribution in [-0.4, -0.2) is 47.7 Å². The molecule has 1 aromatic carbocycles. The third-order valence-electron chi connectivity index (χ3n) is 3.64. The second kappa shape index (κ2) is 10.9. The van der Waals surface area contributed by atoms with Crippen LogP contribution in [-0.2, 0) is 16.4 Å². The molecule has 0 spiro atoms. The van der Waals surface area contributed by atoms with Gasteiger partial charge in [0.1, 0.15) is 9.96 Å². The summed E-state index contributed by atoms with van der Waals surface area (Å²) in [5.74, 6) is 1.51. The first-order valence-electron chi connectivity index (χ1n) is 8.73. The van der Waals surface area contributed by atoms with Crippen molar-refractivity contribution in [2.45, 2.75) is 17.6 Å². The molecule has 0 atom stereocenters. The molecule has 148 valence electrons. The van der Waals surface area contributed by atoms with Gasteiger partial charge in [0.2, 0.25) is 10.0 Å². The van der Waals surface area contributed by atoms with Crippen LogP contribution < -0.4 is 20.1 Å². The van der Waals surface area contributed by atoms with Crippen LogP contribution in [0.25, 0.3) is 0 Å². The van der Waals surface area contributed by atoms with Gasteiger partial charge in [-0.25, -0.2) is 13.1 Å². The van der Waals surface area contributed by atoms with Crippen molar-refractivity contribution < 1.29 is 13.2 Å². The quantitative estimate of drug-likeness (QED) is 0.316. The predicted molar refractivity (Wildman–Crippen MR) is 110 cm³/mol. The second-order valence-corrected chi connectivity index (χ2v) is 8.56. The van der Waals surface area contributed by atoms with Gasteiger partial charge in [0.15, 0.2) is 5.96 Å². The number of sulfonamides is 1. The molecule has 0 aliphatic rings. The summed E-state index contributed by atoms with van der Waals surface area (Å²) in [6.07, 6.45) is 0.847. The van der Waals surface area contributed by atoms with Crippen molar-refractivity contribution in [1.82, 2.24) is 15.4 Å². The number of aliphatic imine (C=N–C) groups is 1. The SMILES string of the molecule is CCNC(=NCCNS(=O)(=O)c1cccs1)NCCc1ccc(OC)cc1. The summed E-state index contributed by atoms with van der Waals surface area (Å²) >= 11 is 1.19. The second-order valence-electron chi connectivity index (χ2n) is 5.62. The van der Waals surface area contributed by atoms with Crippen molar-refractivity contribution in [1.29, 1.82) is 0 Å². The molecule has 1 aromatic heterocycles. The first-order chi connectivity index (χ1) is 13.0. The molecule has 0 saturated heterocycles. The fourth-order valence-electron chi connectivity index (χ4n) is 2.29. The minimum atomic E-state index is -3.44. The molecular weight excluding hydrogens is 384 g/mol. The van der Waals surface area contributed by atoms with Crippen LogP contribution in [0.1, 0.15) is 12.5 Å². The lowest BCUT2D eigenvalue weighted by Gasteiger charge is -2.11. The molecule has 7 nitrogen and oxygen atoms in total. The van der Waals surface area contributed by atoms with Crippen LogP contribution in [0, 0.1) is 0 Å². The molecular formula is C18H26N4O3S2. The molecule has 2 rings (SSSR count). The van der Waals surface area contributed by atoms with E-state index in [0.717, 1.165) is 25.3 Å². The van der Waals surface area contributed by atoms with E-state index in [1.54, 1.807) is 24.6 Å². The highest BCUT2D eigenvalue weighted by Crippen LogP contribution is 2.14. The minimum absolute atomic E-state index is 0.245. The molecule has 0 aliphatic heterocycles. The lowest BCUT2D eigenvalue weighted by molar-refractivity contribution is 0.414. The van der Waals surface area contributed by atoms with Gasteiger partial charge in [-0.1, -0.05) is 18.2 Å². The highest BCUT2D eigenvalue weighted by atomic mass is 32.2. The number of ether oxygens (including phenoxy) is 1. The summed E-state index contributed by atoms with van der Waals surface area (Å²) in [5.41, 5.74) is 1.20. The molecule has 9 heteroatoms. The van der Waals surface area contributed by atoms with Gasteiger partial charge >= 0.3 is 0 Å². The van der Waals surface area contributed by atoms with Crippen molar-refractivity contribution in [3.05, 3.63) is 47.3 Å². The molecule has 0 saturated carbocycles. The lowest BCUT2D eigenvalue weighted by Crippen LogP contribution is -2.39. The highest BCUT2D eigenvalue weighted by molar-refractivity contribution is 7.91. The number of nitrogens with one attached hydrogen (secondary N) is 3. The largest absolute Gasteiger partial charge is 0.497 e. The normalized spacial score (nSPS) is 12.0. The standard InChI is InChI=1S/C18H26N4O3S2/c1-3-19-18(20-11-10-15-6-8-16(25-2)9-7-15)21-12-13-22-27(23,24)17-5-4-14-26-17/h4-9,14,22H,3,10-13H2,1-2H3,(H2,19,20,21). The Bertz CT molecular complexity index is 804. The Morgan fingerprint density at radius 2 is 1.93 bits per heavy atom. The maximum Gasteiger partial charge on any atom is 0.250 e. The van der Waals surface area contributed by atoms with Crippen molar-refractivity contribution in [3.8, 4) is 5.75 Å². The Hall–Kier alpha value is -2.10. The van der Waals surface area contributed by atoms with E-state index < -0.39 is 10.0 Å². The summed E-state index contributed by atoms with van der Waals surface area (Å²) in [5, 5.41) is 8.15. The molecule has 2 aromatic rings. The first-order valence-corrected chi connectivity index (χ1v) is 11.1. The average molecular weight is 411 g/mol. The molecule has 0 amide bonds. The number of methoxy groups -OCH3 is 1. The smallest absolute Gasteiger partial charge is 0.250 e. The van der Waals surface area contributed by atoms with Gasteiger partial charge < -0.3 is 15.4 Å². The maximum atomic E-state index is 12.0. The van der Waals surface area contributed by atoms with Crippen molar-refractivity contribution in [2.24, 2.45) is 4.99 Å². The third-order valence-corrected chi connectivity index (χ3v) is 6.50. The Balaban J connectivity index is 1.77. The number of hydrogen-bond donors (Lipinski definition) is 3. The van der Waals surface area contributed by atoms with E-state index in [1.807, 2.05) is 31.2 Å². The Morgan fingerprint density at radius 3 is 2.56 bits per heavy atom. The van der Waals surface area contributed by atoms with Gasteiger partial charge in [0, 0.05) is 19.6 Å². The van der Waals surface area contributed by atoms with Gasteiger partial charge in [0.25, 0.3) is 0 Å². The molecule has 0 radical (unpaired) electrons. The van der Waals surface area contributed by atoms with E-state index in [9.17, 15) is 8.42 Å². The summed E-state index contributed by atoms with van der Waals surface area (Å²) < 4.78 is 32.1. The van der Waals surface area contributed by atoms with Crippen LogP contribution >= 0.6 is 11.3 Å². The lowest BCUT2D eigenvalue weighted by atomic mass is 10.1. The minimum Gasteiger partial charge on any atom is -0.497 e. The van der Waals surface area contributed by atoms with E-state index in [2.05, 4.69) is 20.3 Å². The Labute approximate surface area is 164 Å². The van der Waals surface area contributed by atoms with Crippen LogP contribution in [0.3, 0.4) is 0 Å². The number of nitrogens with zero attached hydrogens (tertiary/aromatic N) is 1. The van der Waals surface area contributed by atoms with Gasteiger partial charge in [-0.2, -0.15) is 0 Å². The fourth-order valence-corrected chi connectivity index (χ4v) is 4.35. The summed E-state index contributed by atoms with van der Waals surface area (Å²) in [6, 6.07) is 11.2. The van der Waals surface area contributed by atoms with Gasteiger partial charge in [-0.05, 0) is 42.5 Å². The molecule has 27 heavy (non-hydrogen) atoms. The van der Waals surface area contributed by atoms with E-state index >= 15 is 0 Å². The van der Waals surface area contributed by atoms with Crippen molar-refractivity contribution in [3.63, 3.8) is 0 Å². The van der Waals surface area contributed by atoms with E-state index in [0.29, 0.717) is 16.7 Å². The van der Waals surface area contributed by atoms with E-state index in [4.69, 9.17) is 4.74 Å². The molecule has 1 heterocycles. The number of thiophene rings is 1. The molecule has 0 unspecified atom stereocenters. The summed E-state index contributed by atoms with van der Waals surface area (Å²) in [7, 11) is -1.79. The zero-order valence-electron chi connectivity index (χ0n) is 15.6. The monoisotopic (exact) mass is 410 g/mol. The number of benzene rings is 1. The number of guanidine groups is 1. The Kier molecular flexibility index (Phi) is 8.56.